The number of anilines is 1. The molecule has 3 aromatic carbocycles. The fourth-order valence-corrected chi connectivity index (χ4v) is 3.48. The van der Waals surface area contributed by atoms with Crippen molar-refractivity contribution in [1.82, 2.24) is 9.97 Å². The Kier molecular flexibility index (Phi) is 5.91. The molecule has 0 fully saturated rings. The lowest BCUT2D eigenvalue weighted by Gasteiger charge is -2.13. The molecule has 0 unspecified atom stereocenters. The Morgan fingerprint density at radius 3 is 2.55 bits per heavy atom. The number of aromatic amines is 1. The van der Waals surface area contributed by atoms with Crippen molar-refractivity contribution in [2.75, 3.05) is 19.5 Å². The van der Waals surface area contributed by atoms with Crippen LogP contribution in [0.15, 0.2) is 72.9 Å². The van der Waals surface area contributed by atoms with Crippen molar-refractivity contribution in [3.63, 3.8) is 0 Å². The molecule has 7 heteroatoms. The molecule has 1 aromatic heterocycles. The molecule has 0 saturated carbocycles. The Labute approximate surface area is 184 Å². The molecule has 0 aliphatic carbocycles. The van der Waals surface area contributed by atoms with Crippen LogP contribution in [0.3, 0.4) is 0 Å². The van der Waals surface area contributed by atoms with Gasteiger partial charge in [-0.25, -0.2) is 4.98 Å². The first kappa shape index (κ1) is 20.5. The molecule has 1 heterocycles. The van der Waals surface area contributed by atoms with Crippen LogP contribution >= 0.6 is 11.6 Å². The zero-order valence-corrected chi connectivity index (χ0v) is 17.7. The zero-order valence-electron chi connectivity index (χ0n) is 17.0. The predicted molar refractivity (Wildman–Crippen MR) is 122 cm³/mol. The number of carbonyl (C=O) groups is 1. The van der Waals surface area contributed by atoms with Gasteiger partial charge in [0.2, 0.25) is 0 Å². The van der Waals surface area contributed by atoms with Crippen LogP contribution in [0.5, 0.6) is 11.5 Å². The Balaban J connectivity index is 1.62. The van der Waals surface area contributed by atoms with Gasteiger partial charge in [-0.15, -0.1) is 0 Å². The van der Waals surface area contributed by atoms with Crippen molar-refractivity contribution in [1.29, 1.82) is 0 Å². The molecule has 4 aromatic rings. The van der Waals surface area contributed by atoms with Crippen molar-refractivity contribution in [3.05, 3.63) is 83.5 Å². The minimum absolute atomic E-state index is 0.326. The van der Waals surface area contributed by atoms with E-state index >= 15 is 0 Å². The van der Waals surface area contributed by atoms with Gasteiger partial charge in [-0.05, 0) is 35.9 Å². The number of hydrogen-bond acceptors (Lipinski definition) is 4. The highest BCUT2D eigenvalue weighted by molar-refractivity contribution is 6.33. The van der Waals surface area contributed by atoms with Gasteiger partial charge in [-0.1, -0.05) is 48.0 Å². The highest BCUT2D eigenvalue weighted by atomic mass is 35.5. The summed E-state index contributed by atoms with van der Waals surface area (Å²) in [7, 11) is 3.02. The molecule has 0 spiro atoms. The van der Waals surface area contributed by atoms with Crippen LogP contribution < -0.4 is 14.8 Å². The first-order chi connectivity index (χ1) is 15.1. The van der Waals surface area contributed by atoms with Crippen LogP contribution in [0.25, 0.3) is 22.6 Å². The number of methoxy groups -OCH3 is 2. The van der Waals surface area contributed by atoms with Crippen LogP contribution in [-0.2, 0) is 0 Å². The smallest absolute Gasteiger partial charge is 0.259 e. The third-order valence-corrected chi connectivity index (χ3v) is 5.12. The van der Waals surface area contributed by atoms with E-state index in [1.807, 2.05) is 30.3 Å². The summed E-state index contributed by atoms with van der Waals surface area (Å²) in [5, 5.41) is 3.40. The van der Waals surface area contributed by atoms with Gasteiger partial charge < -0.3 is 19.8 Å². The number of nitrogens with one attached hydrogen (secondary N) is 2. The maximum atomic E-state index is 12.9. The number of H-pyrrole nitrogens is 1. The number of amides is 1. The summed E-state index contributed by atoms with van der Waals surface area (Å²) in [6, 6.07) is 20.3. The Morgan fingerprint density at radius 1 is 1.00 bits per heavy atom. The van der Waals surface area contributed by atoms with E-state index in [1.165, 1.54) is 14.2 Å². The number of imidazole rings is 1. The van der Waals surface area contributed by atoms with E-state index in [-0.39, 0.29) is 5.91 Å². The SMILES string of the molecule is COc1cccc(C(=O)Nc2ccc(Cl)c(-c3ncc(-c4ccccc4)[nH]3)c2)c1OC. The number of hydrogen-bond donors (Lipinski definition) is 2. The molecule has 0 saturated heterocycles. The molecule has 0 aliphatic rings. The van der Waals surface area contributed by atoms with Gasteiger partial charge in [0.1, 0.15) is 5.82 Å². The number of benzene rings is 3. The van der Waals surface area contributed by atoms with Gasteiger partial charge in [0.05, 0.1) is 36.7 Å². The summed E-state index contributed by atoms with van der Waals surface area (Å²) in [5.41, 5.74) is 3.52. The number of aromatic nitrogens is 2. The van der Waals surface area contributed by atoms with Gasteiger partial charge in [0.15, 0.2) is 11.5 Å². The van der Waals surface area contributed by atoms with Crippen molar-refractivity contribution in [3.8, 4) is 34.1 Å². The van der Waals surface area contributed by atoms with E-state index in [2.05, 4.69) is 15.3 Å². The number of carbonyl (C=O) groups excluding carboxylic acids is 1. The molecule has 2 N–H and O–H groups in total. The Morgan fingerprint density at radius 2 is 1.81 bits per heavy atom. The number of nitrogens with zero attached hydrogens (tertiary/aromatic N) is 1. The molecule has 0 bridgehead atoms. The van der Waals surface area contributed by atoms with Crippen molar-refractivity contribution in [2.24, 2.45) is 0 Å². The predicted octanol–water partition coefficient (Wildman–Crippen LogP) is 5.67. The quantitative estimate of drug-likeness (QED) is 0.411. The Hall–Kier alpha value is -3.77. The fraction of sp³-hybridized carbons (Fsp3) is 0.0833. The highest BCUT2D eigenvalue weighted by Crippen LogP contribution is 2.33. The van der Waals surface area contributed by atoms with E-state index in [0.717, 1.165) is 11.3 Å². The first-order valence-corrected chi connectivity index (χ1v) is 9.91. The van der Waals surface area contributed by atoms with Crippen LogP contribution in [0.2, 0.25) is 5.02 Å². The molecule has 6 nitrogen and oxygen atoms in total. The van der Waals surface area contributed by atoms with Crippen LogP contribution in [0, 0.1) is 0 Å². The van der Waals surface area contributed by atoms with E-state index in [1.54, 1.807) is 42.6 Å². The van der Waals surface area contributed by atoms with E-state index in [9.17, 15) is 4.79 Å². The summed E-state index contributed by atoms with van der Waals surface area (Å²) in [4.78, 5) is 20.6. The van der Waals surface area contributed by atoms with Crippen molar-refractivity contribution >= 4 is 23.2 Å². The summed E-state index contributed by atoms with van der Waals surface area (Å²) in [6.45, 7) is 0. The third kappa shape index (κ3) is 4.25. The second-order valence-electron chi connectivity index (χ2n) is 6.70. The average Bonchev–Trinajstić information content (AvgIpc) is 3.30. The number of rotatable bonds is 6. The standard InChI is InChI=1S/C24H20ClN3O3/c1-30-21-10-6-9-17(22(21)31-2)24(29)27-16-11-12-19(25)18(13-16)23-26-14-20(28-23)15-7-4-3-5-8-15/h3-14H,1-2H3,(H,26,28)(H,27,29). The van der Waals surface area contributed by atoms with Crippen molar-refractivity contribution < 1.29 is 14.3 Å². The molecule has 4 rings (SSSR count). The largest absolute Gasteiger partial charge is 0.493 e. The summed E-state index contributed by atoms with van der Waals surface area (Å²) < 4.78 is 10.6. The Bertz CT molecular complexity index is 1220. The van der Waals surface area contributed by atoms with Crippen LogP contribution in [-0.4, -0.2) is 30.1 Å². The van der Waals surface area contributed by atoms with E-state index in [4.69, 9.17) is 21.1 Å². The second kappa shape index (κ2) is 8.93. The third-order valence-electron chi connectivity index (χ3n) is 4.79. The molecular formula is C24H20ClN3O3. The number of halogens is 1. The van der Waals surface area contributed by atoms with E-state index in [0.29, 0.717) is 39.2 Å². The molecule has 0 aliphatic heterocycles. The first-order valence-electron chi connectivity index (χ1n) is 9.53. The summed E-state index contributed by atoms with van der Waals surface area (Å²) >= 11 is 6.42. The zero-order chi connectivity index (χ0) is 21.8. The lowest BCUT2D eigenvalue weighted by atomic mass is 10.1. The summed E-state index contributed by atoms with van der Waals surface area (Å²) in [5.74, 6) is 1.14. The van der Waals surface area contributed by atoms with Gasteiger partial charge in [-0.2, -0.15) is 0 Å². The second-order valence-corrected chi connectivity index (χ2v) is 7.11. The maximum absolute atomic E-state index is 12.9. The van der Waals surface area contributed by atoms with Gasteiger partial charge in [-0.3, -0.25) is 4.79 Å². The summed E-state index contributed by atoms with van der Waals surface area (Å²) in [6.07, 6.45) is 1.76. The lowest BCUT2D eigenvalue weighted by Crippen LogP contribution is -2.13. The molecule has 0 radical (unpaired) electrons. The highest BCUT2D eigenvalue weighted by Gasteiger charge is 2.17. The molecule has 31 heavy (non-hydrogen) atoms. The van der Waals surface area contributed by atoms with Gasteiger partial charge >= 0.3 is 0 Å². The normalized spacial score (nSPS) is 10.5. The molecular weight excluding hydrogens is 414 g/mol. The minimum atomic E-state index is -0.326. The van der Waals surface area contributed by atoms with Gasteiger partial charge in [0, 0.05) is 11.3 Å². The average molecular weight is 434 g/mol. The molecule has 0 atom stereocenters. The topological polar surface area (TPSA) is 76.2 Å². The molecule has 156 valence electrons. The number of para-hydroxylation sites is 1. The van der Waals surface area contributed by atoms with E-state index < -0.39 is 0 Å². The molecule has 1 amide bonds. The van der Waals surface area contributed by atoms with Gasteiger partial charge in [0.25, 0.3) is 5.91 Å². The maximum Gasteiger partial charge on any atom is 0.259 e. The monoisotopic (exact) mass is 433 g/mol. The fourth-order valence-electron chi connectivity index (χ4n) is 3.27. The lowest BCUT2D eigenvalue weighted by molar-refractivity contribution is 0.102. The van der Waals surface area contributed by atoms with Crippen LogP contribution in [0.4, 0.5) is 5.69 Å². The van der Waals surface area contributed by atoms with Crippen LogP contribution in [0.1, 0.15) is 10.4 Å². The van der Waals surface area contributed by atoms with Crippen molar-refractivity contribution in [2.45, 2.75) is 0 Å². The number of ether oxygens (including phenoxy) is 2. The minimum Gasteiger partial charge on any atom is -0.493 e.